The molecule has 0 radical (unpaired) electrons. The number of ether oxygens (including phenoxy) is 1. The predicted molar refractivity (Wildman–Crippen MR) is 50.3 cm³/mol. The van der Waals surface area contributed by atoms with E-state index in [4.69, 9.17) is 9.84 Å². The molecule has 1 N–H and O–H groups in total. The summed E-state index contributed by atoms with van der Waals surface area (Å²) in [6.45, 7) is 0.0554. The van der Waals surface area contributed by atoms with Crippen molar-refractivity contribution in [3.63, 3.8) is 0 Å². The molecular formula is C11H12O2. The summed E-state index contributed by atoms with van der Waals surface area (Å²) in [6.07, 6.45) is 3.76. The quantitative estimate of drug-likeness (QED) is 0.694. The van der Waals surface area contributed by atoms with Crippen LogP contribution >= 0.6 is 0 Å². The molecule has 2 rings (SSSR count). The molecule has 0 saturated carbocycles. The highest BCUT2D eigenvalue weighted by atomic mass is 16.5. The lowest BCUT2D eigenvalue weighted by atomic mass is 10.1. The molecule has 1 aliphatic rings. The maximum Gasteiger partial charge on any atom is 0.102 e. The van der Waals surface area contributed by atoms with Gasteiger partial charge in [0.05, 0.1) is 12.7 Å². The monoisotopic (exact) mass is 176 g/mol. The molecule has 0 fully saturated rings. The first-order valence-corrected chi connectivity index (χ1v) is 4.40. The summed E-state index contributed by atoms with van der Waals surface area (Å²) >= 11 is 0. The molecule has 0 amide bonds. The summed E-state index contributed by atoms with van der Waals surface area (Å²) < 4.78 is 5.54. The van der Waals surface area contributed by atoms with Crippen LogP contribution in [0.15, 0.2) is 42.5 Å². The Bertz CT molecular complexity index is 292. The van der Waals surface area contributed by atoms with Crippen molar-refractivity contribution in [2.24, 2.45) is 0 Å². The van der Waals surface area contributed by atoms with E-state index >= 15 is 0 Å². The van der Waals surface area contributed by atoms with E-state index in [9.17, 15) is 0 Å². The van der Waals surface area contributed by atoms with Gasteiger partial charge in [-0.2, -0.15) is 0 Å². The van der Waals surface area contributed by atoms with Crippen LogP contribution in [0, 0.1) is 0 Å². The summed E-state index contributed by atoms with van der Waals surface area (Å²) in [4.78, 5) is 0. The van der Waals surface area contributed by atoms with Crippen LogP contribution < -0.4 is 0 Å². The summed E-state index contributed by atoms with van der Waals surface area (Å²) in [6, 6.07) is 9.99. The van der Waals surface area contributed by atoms with E-state index in [1.54, 1.807) is 0 Å². The second kappa shape index (κ2) is 3.73. The number of aliphatic hydroxyl groups is 1. The van der Waals surface area contributed by atoms with E-state index < -0.39 is 0 Å². The van der Waals surface area contributed by atoms with Gasteiger partial charge in [-0.25, -0.2) is 0 Å². The van der Waals surface area contributed by atoms with Gasteiger partial charge in [0.2, 0.25) is 0 Å². The minimum atomic E-state index is -0.134. The highest BCUT2D eigenvalue weighted by Gasteiger charge is 2.19. The molecule has 0 bridgehead atoms. The lowest BCUT2D eigenvalue weighted by molar-refractivity contribution is 0.0252. The third-order valence-electron chi connectivity index (χ3n) is 2.13. The Morgan fingerprint density at radius 2 is 1.92 bits per heavy atom. The van der Waals surface area contributed by atoms with Gasteiger partial charge in [-0.15, -0.1) is 0 Å². The highest BCUT2D eigenvalue weighted by Crippen LogP contribution is 2.25. The van der Waals surface area contributed by atoms with Gasteiger partial charge in [0.15, 0.2) is 0 Å². The molecular weight excluding hydrogens is 164 g/mol. The van der Waals surface area contributed by atoms with E-state index in [-0.39, 0.29) is 18.8 Å². The molecule has 0 aliphatic carbocycles. The van der Waals surface area contributed by atoms with Crippen molar-refractivity contribution in [3.05, 3.63) is 48.0 Å². The van der Waals surface area contributed by atoms with Crippen molar-refractivity contribution >= 4 is 0 Å². The summed E-state index contributed by atoms with van der Waals surface area (Å²) in [5, 5.41) is 8.85. The van der Waals surface area contributed by atoms with Crippen LogP contribution in [0.5, 0.6) is 0 Å². The number of rotatable bonds is 2. The molecule has 0 saturated heterocycles. The Hall–Kier alpha value is -1.12. The zero-order valence-corrected chi connectivity index (χ0v) is 7.26. The summed E-state index contributed by atoms with van der Waals surface area (Å²) in [7, 11) is 0. The van der Waals surface area contributed by atoms with Gasteiger partial charge in [-0.05, 0) is 5.56 Å². The molecule has 2 atom stereocenters. The average Bonchev–Trinajstić information content (AvgIpc) is 2.67. The van der Waals surface area contributed by atoms with E-state index in [2.05, 4.69) is 0 Å². The SMILES string of the molecule is OC[C@H]1C=C[C@@H](c2ccccc2)O1. The zero-order chi connectivity index (χ0) is 9.10. The molecule has 2 nitrogen and oxygen atoms in total. The molecule has 68 valence electrons. The number of hydrogen-bond donors (Lipinski definition) is 1. The largest absolute Gasteiger partial charge is 0.393 e. The summed E-state index contributed by atoms with van der Waals surface area (Å²) in [5.74, 6) is 0. The highest BCUT2D eigenvalue weighted by molar-refractivity contribution is 5.23. The van der Waals surface area contributed by atoms with Crippen molar-refractivity contribution < 1.29 is 9.84 Å². The molecule has 13 heavy (non-hydrogen) atoms. The van der Waals surface area contributed by atoms with E-state index in [1.807, 2.05) is 42.5 Å². The Morgan fingerprint density at radius 1 is 1.15 bits per heavy atom. The van der Waals surface area contributed by atoms with Gasteiger partial charge in [-0.1, -0.05) is 42.5 Å². The Kier molecular flexibility index (Phi) is 2.43. The molecule has 0 unspecified atom stereocenters. The molecule has 0 aromatic heterocycles. The van der Waals surface area contributed by atoms with Crippen LogP contribution in [-0.4, -0.2) is 17.8 Å². The Morgan fingerprint density at radius 3 is 2.54 bits per heavy atom. The molecule has 2 heteroatoms. The first-order chi connectivity index (χ1) is 6.40. The van der Waals surface area contributed by atoms with Crippen LogP contribution in [0.4, 0.5) is 0 Å². The standard InChI is InChI=1S/C11H12O2/c12-8-10-6-7-11(13-10)9-4-2-1-3-5-9/h1-7,10-12H,8H2/t10-,11+/m1/s1. The maximum atomic E-state index is 8.85. The van der Waals surface area contributed by atoms with Crippen LogP contribution in [0.1, 0.15) is 11.7 Å². The van der Waals surface area contributed by atoms with E-state index in [0.717, 1.165) is 5.56 Å². The zero-order valence-electron chi connectivity index (χ0n) is 7.26. The Labute approximate surface area is 77.5 Å². The fraction of sp³-hybridized carbons (Fsp3) is 0.273. The van der Waals surface area contributed by atoms with E-state index in [0.29, 0.717) is 0 Å². The van der Waals surface area contributed by atoms with Gasteiger partial charge in [0.1, 0.15) is 6.10 Å². The first-order valence-electron chi connectivity index (χ1n) is 4.40. The predicted octanol–water partition coefficient (Wildman–Crippen LogP) is 1.68. The van der Waals surface area contributed by atoms with Crippen LogP contribution in [0.2, 0.25) is 0 Å². The molecule has 1 aromatic rings. The molecule has 1 aromatic carbocycles. The van der Waals surface area contributed by atoms with Crippen molar-refractivity contribution in [1.29, 1.82) is 0 Å². The van der Waals surface area contributed by atoms with Gasteiger partial charge < -0.3 is 9.84 Å². The Balaban J connectivity index is 2.09. The number of aliphatic hydroxyl groups excluding tert-OH is 1. The maximum absolute atomic E-state index is 8.85. The minimum Gasteiger partial charge on any atom is -0.393 e. The molecule has 0 spiro atoms. The number of benzene rings is 1. The van der Waals surface area contributed by atoms with Gasteiger partial charge >= 0.3 is 0 Å². The van der Waals surface area contributed by atoms with Crippen molar-refractivity contribution in [3.8, 4) is 0 Å². The van der Waals surface area contributed by atoms with Crippen LogP contribution in [-0.2, 0) is 4.74 Å². The fourth-order valence-electron chi connectivity index (χ4n) is 1.44. The van der Waals surface area contributed by atoms with Gasteiger partial charge in [-0.3, -0.25) is 0 Å². The average molecular weight is 176 g/mol. The smallest absolute Gasteiger partial charge is 0.102 e. The summed E-state index contributed by atoms with van der Waals surface area (Å²) in [5.41, 5.74) is 1.13. The lowest BCUT2D eigenvalue weighted by Gasteiger charge is -2.11. The minimum absolute atomic E-state index is 0.0124. The van der Waals surface area contributed by atoms with Crippen molar-refractivity contribution in [1.82, 2.24) is 0 Å². The third-order valence-corrected chi connectivity index (χ3v) is 2.13. The van der Waals surface area contributed by atoms with Gasteiger partial charge in [0, 0.05) is 0 Å². The number of hydrogen-bond acceptors (Lipinski definition) is 2. The molecule has 1 heterocycles. The fourth-order valence-corrected chi connectivity index (χ4v) is 1.44. The molecule has 1 aliphatic heterocycles. The second-order valence-electron chi connectivity index (χ2n) is 3.07. The van der Waals surface area contributed by atoms with Gasteiger partial charge in [0.25, 0.3) is 0 Å². The topological polar surface area (TPSA) is 29.5 Å². The second-order valence-corrected chi connectivity index (χ2v) is 3.07. The first kappa shape index (κ1) is 8.48. The van der Waals surface area contributed by atoms with Crippen molar-refractivity contribution in [2.45, 2.75) is 12.2 Å². The third kappa shape index (κ3) is 1.79. The lowest BCUT2D eigenvalue weighted by Crippen LogP contribution is -2.11. The van der Waals surface area contributed by atoms with Crippen LogP contribution in [0.3, 0.4) is 0 Å². The van der Waals surface area contributed by atoms with Crippen LogP contribution in [0.25, 0.3) is 0 Å². The van der Waals surface area contributed by atoms with Crippen molar-refractivity contribution in [2.75, 3.05) is 6.61 Å². The van der Waals surface area contributed by atoms with E-state index in [1.165, 1.54) is 0 Å². The normalized spacial score (nSPS) is 26.5.